The Morgan fingerprint density at radius 3 is 2.58 bits per heavy atom. The maximum atomic E-state index is 11.2. The van der Waals surface area contributed by atoms with Gasteiger partial charge < -0.3 is 10.1 Å². The van der Waals surface area contributed by atoms with Crippen molar-refractivity contribution in [2.75, 3.05) is 13.7 Å². The van der Waals surface area contributed by atoms with E-state index in [4.69, 9.17) is 4.74 Å². The molecule has 0 aromatic heterocycles. The molecule has 0 saturated heterocycles. The van der Waals surface area contributed by atoms with Crippen molar-refractivity contribution in [2.24, 2.45) is 5.92 Å². The predicted octanol–water partition coefficient (Wildman–Crippen LogP) is 0.960. The number of hydrogen-bond acceptors (Lipinski definition) is 3. The summed E-state index contributed by atoms with van der Waals surface area (Å²) in [7, 11) is 1.75. The van der Waals surface area contributed by atoms with E-state index in [0.29, 0.717) is 0 Å². The van der Waals surface area contributed by atoms with Crippen LogP contribution in [0.5, 0.6) is 0 Å². The molecule has 0 spiro atoms. The summed E-state index contributed by atoms with van der Waals surface area (Å²) in [6.45, 7) is 7.68. The Morgan fingerprint density at radius 2 is 2.25 bits per heavy atom. The summed E-state index contributed by atoms with van der Waals surface area (Å²) in [5.74, 6) is 0.0275. The Balaban J connectivity index is 3.94. The molecule has 1 atom stereocenters. The topological polar surface area (TPSA) is 38.3 Å². The van der Waals surface area contributed by atoms with Crippen molar-refractivity contribution in [3.8, 4) is 0 Å². The minimum Gasteiger partial charge on any atom is -0.460 e. The van der Waals surface area contributed by atoms with Crippen LogP contribution in [0.2, 0.25) is 0 Å². The van der Waals surface area contributed by atoms with E-state index in [1.54, 1.807) is 13.1 Å². The van der Waals surface area contributed by atoms with Crippen molar-refractivity contribution >= 4 is 5.97 Å². The Bertz CT molecular complexity index is 155. The minimum atomic E-state index is -0.218. The van der Waals surface area contributed by atoms with Crippen LogP contribution in [-0.2, 0) is 9.53 Å². The van der Waals surface area contributed by atoms with Gasteiger partial charge >= 0.3 is 5.97 Å². The molecule has 0 unspecified atom stereocenters. The van der Waals surface area contributed by atoms with Gasteiger partial charge in [0, 0.05) is 0 Å². The molecule has 3 nitrogen and oxygen atoms in total. The van der Waals surface area contributed by atoms with Crippen molar-refractivity contribution in [1.29, 1.82) is 0 Å². The van der Waals surface area contributed by atoms with Crippen LogP contribution >= 0.6 is 0 Å². The normalized spacial score (nSPS) is 12.7. The fourth-order valence-corrected chi connectivity index (χ4v) is 0.954. The number of rotatable bonds is 5. The average Bonchev–Trinajstić information content (AvgIpc) is 2.01. The van der Waals surface area contributed by atoms with Crippen LogP contribution in [0.25, 0.3) is 0 Å². The molecule has 3 heteroatoms. The fourth-order valence-electron chi connectivity index (χ4n) is 0.954. The van der Waals surface area contributed by atoms with E-state index in [9.17, 15) is 4.79 Å². The third-order valence-corrected chi connectivity index (χ3v) is 1.58. The molecule has 70 valence electrons. The summed E-state index contributed by atoms with van der Waals surface area (Å²) >= 11 is 0. The van der Waals surface area contributed by atoms with Crippen molar-refractivity contribution in [1.82, 2.24) is 5.32 Å². The lowest BCUT2D eigenvalue weighted by molar-refractivity contribution is -0.145. The van der Waals surface area contributed by atoms with Gasteiger partial charge in [-0.05, 0) is 13.0 Å². The van der Waals surface area contributed by atoms with Gasteiger partial charge in [-0.1, -0.05) is 26.5 Å². The zero-order valence-electron chi connectivity index (χ0n) is 7.96. The quantitative estimate of drug-likeness (QED) is 0.494. The first kappa shape index (κ1) is 11.2. The summed E-state index contributed by atoms with van der Waals surface area (Å²) in [4.78, 5) is 11.2. The van der Waals surface area contributed by atoms with Gasteiger partial charge in [0.25, 0.3) is 0 Å². The summed E-state index contributed by atoms with van der Waals surface area (Å²) in [6, 6.07) is -0.218. The van der Waals surface area contributed by atoms with Crippen molar-refractivity contribution in [2.45, 2.75) is 19.9 Å². The van der Waals surface area contributed by atoms with E-state index in [-0.39, 0.29) is 24.5 Å². The van der Waals surface area contributed by atoms with E-state index in [0.717, 1.165) is 0 Å². The smallest absolute Gasteiger partial charge is 0.323 e. The number of esters is 1. The molecule has 0 bridgehead atoms. The highest BCUT2D eigenvalue weighted by Gasteiger charge is 2.20. The first-order valence-corrected chi connectivity index (χ1v) is 4.08. The van der Waals surface area contributed by atoms with Gasteiger partial charge in [-0.25, -0.2) is 0 Å². The molecular weight excluding hydrogens is 154 g/mol. The largest absolute Gasteiger partial charge is 0.460 e. The number of nitrogens with one attached hydrogen (secondary N) is 1. The lowest BCUT2D eigenvalue weighted by Gasteiger charge is -2.17. The molecule has 0 fully saturated rings. The maximum absolute atomic E-state index is 11.2. The van der Waals surface area contributed by atoms with Crippen LogP contribution in [0, 0.1) is 5.92 Å². The molecular formula is C9H17NO2. The van der Waals surface area contributed by atoms with E-state index in [1.165, 1.54) is 0 Å². The zero-order chi connectivity index (χ0) is 9.56. The van der Waals surface area contributed by atoms with Crippen LogP contribution in [0.1, 0.15) is 13.8 Å². The highest BCUT2D eigenvalue weighted by atomic mass is 16.5. The lowest BCUT2D eigenvalue weighted by atomic mass is 10.1. The molecule has 0 aromatic carbocycles. The minimum absolute atomic E-state index is 0.215. The Morgan fingerprint density at radius 1 is 1.67 bits per heavy atom. The Kier molecular flexibility index (Phi) is 5.37. The van der Waals surface area contributed by atoms with Crippen LogP contribution < -0.4 is 5.32 Å². The van der Waals surface area contributed by atoms with E-state index >= 15 is 0 Å². The second-order valence-corrected chi connectivity index (χ2v) is 2.93. The van der Waals surface area contributed by atoms with Gasteiger partial charge in [0.2, 0.25) is 0 Å². The van der Waals surface area contributed by atoms with Gasteiger partial charge in [0.05, 0.1) is 0 Å². The predicted molar refractivity (Wildman–Crippen MR) is 48.8 cm³/mol. The summed E-state index contributed by atoms with van der Waals surface area (Å²) in [5.41, 5.74) is 0. The lowest BCUT2D eigenvalue weighted by Crippen LogP contribution is -2.39. The molecule has 0 heterocycles. The van der Waals surface area contributed by atoms with E-state index < -0.39 is 0 Å². The Labute approximate surface area is 73.8 Å². The van der Waals surface area contributed by atoms with Crippen LogP contribution in [0.15, 0.2) is 12.7 Å². The second kappa shape index (κ2) is 5.77. The fraction of sp³-hybridized carbons (Fsp3) is 0.667. The molecule has 0 aromatic rings. The molecule has 0 amide bonds. The highest BCUT2D eigenvalue weighted by molar-refractivity contribution is 5.76. The Hall–Kier alpha value is -0.830. The summed E-state index contributed by atoms with van der Waals surface area (Å²) in [6.07, 6.45) is 1.56. The number of ether oxygens (including phenoxy) is 1. The van der Waals surface area contributed by atoms with Gasteiger partial charge in [-0.2, -0.15) is 0 Å². The van der Waals surface area contributed by atoms with Crippen molar-refractivity contribution in [3.05, 3.63) is 12.7 Å². The van der Waals surface area contributed by atoms with Crippen molar-refractivity contribution in [3.63, 3.8) is 0 Å². The molecule has 0 aliphatic heterocycles. The molecule has 1 N–H and O–H groups in total. The molecule has 12 heavy (non-hydrogen) atoms. The summed E-state index contributed by atoms with van der Waals surface area (Å²) < 4.78 is 4.89. The third-order valence-electron chi connectivity index (χ3n) is 1.58. The maximum Gasteiger partial charge on any atom is 0.323 e. The number of hydrogen-bond donors (Lipinski definition) is 1. The first-order chi connectivity index (χ1) is 5.63. The molecule has 0 rings (SSSR count). The van der Waals surface area contributed by atoms with Crippen molar-refractivity contribution < 1.29 is 9.53 Å². The van der Waals surface area contributed by atoms with Crippen LogP contribution in [0.4, 0.5) is 0 Å². The second-order valence-electron chi connectivity index (χ2n) is 2.93. The number of carbonyl (C=O) groups is 1. The average molecular weight is 171 g/mol. The monoisotopic (exact) mass is 171 g/mol. The SMILES string of the molecule is C=CCOC(=O)[C@@H](NC)C(C)C. The van der Waals surface area contributed by atoms with Crippen LogP contribution in [-0.4, -0.2) is 25.7 Å². The van der Waals surface area contributed by atoms with Crippen LogP contribution in [0.3, 0.4) is 0 Å². The van der Waals surface area contributed by atoms with E-state index in [1.807, 2.05) is 13.8 Å². The molecule has 0 saturated carbocycles. The van der Waals surface area contributed by atoms with Gasteiger partial charge in [-0.3, -0.25) is 4.79 Å². The number of likely N-dealkylation sites (N-methyl/N-ethyl adjacent to an activating group) is 1. The first-order valence-electron chi connectivity index (χ1n) is 4.08. The molecule has 0 aliphatic carbocycles. The van der Waals surface area contributed by atoms with Gasteiger partial charge in [0.15, 0.2) is 0 Å². The molecule has 0 radical (unpaired) electrons. The van der Waals surface area contributed by atoms with E-state index in [2.05, 4.69) is 11.9 Å². The zero-order valence-corrected chi connectivity index (χ0v) is 7.96. The third kappa shape index (κ3) is 3.53. The highest BCUT2D eigenvalue weighted by Crippen LogP contribution is 2.02. The standard InChI is InChI=1S/C9H17NO2/c1-5-6-12-9(11)8(10-4)7(2)3/h5,7-8,10H,1,6H2,2-4H3/t8-/m0/s1. The molecule has 0 aliphatic rings. The van der Waals surface area contributed by atoms with Gasteiger partial charge in [-0.15, -0.1) is 0 Å². The van der Waals surface area contributed by atoms with Gasteiger partial charge in [0.1, 0.15) is 12.6 Å². The number of carbonyl (C=O) groups excluding carboxylic acids is 1. The summed E-state index contributed by atoms with van der Waals surface area (Å²) in [5, 5.41) is 2.90.